The number of pyridine rings is 1. The van der Waals surface area contributed by atoms with Crippen LogP contribution in [0.1, 0.15) is 46.0 Å². The number of hydrogen-bond acceptors (Lipinski definition) is 4. The van der Waals surface area contributed by atoms with Gasteiger partial charge in [-0.25, -0.2) is 4.98 Å². The maximum absolute atomic E-state index is 13.8. The second kappa shape index (κ2) is 11.6. The number of aromatic nitrogens is 1. The molecule has 1 aromatic heterocycles. The molecule has 1 aliphatic rings. The molecule has 2 amide bonds. The largest absolute Gasteiger partial charge is 0.626 e. The minimum atomic E-state index is -5.03. The summed E-state index contributed by atoms with van der Waals surface area (Å²) in [6.07, 6.45) is -8.40. The number of carbonyl (C=O) groups is 2. The Bertz CT molecular complexity index is 1510. The summed E-state index contributed by atoms with van der Waals surface area (Å²) < 4.78 is 79.4. The van der Waals surface area contributed by atoms with Crippen LogP contribution in [0.15, 0.2) is 54.7 Å². The van der Waals surface area contributed by atoms with E-state index in [-0.39, 0.29) is 48.0 Å². The van der Waals surface area contributed by atoms with E-state index in [2.05, 4.69) is 4.98 Å². The van der Waals surface area contributed by atoms with Gasteiger partial charge in [-0.15, -0.1) is 0 Å². The molecular weight excluding hydrogens is 578 g/mol. The molecule has 43 heavy (non-hydrogen) atoms. The van der Waals surface area contributed by atoms with Crippen molar-refractivity contribution in [3.8, 4) is 11.1 Å². The van der Waals surface area contributed by atoms with Gasteiger partial charge in [0.2, 0.25) is 11.7 Å². The molecule has 1 fully saturated rings. The Balaban J connectivity index is 1.72. The third-order valence-electron chi connectivity index (χ3n) is 7.76. The van der Waals surface area contributed by atoms with E-state index in [0.29, 0.717) is 29.7 Å². The fourth-order valence-corrected chi connectivity index (χ4v) is 5.26. The van der Waals surface area contributed by atoms with Gasteiger partial charge in [-0.05, 0) is 41.8 Å². The number of amides is 2. The summed E-state index contributed by atoms with van der Waals surface area (Å²) in [6, 6.07) is 9.43. The van der Waals surface area contributed by atoms with Crippen LogP contribution < -0.4 is 4.65 Å². The highest BCUT2D eigenvalue weighted by atomic mass is 19.4. The summed E-state index contributed by atoms with van der Waals surface area (Å²) in [5.41, 5.74) is -1.59. The van der Waals surface area contributed by atoms with Crippen LogP contribution >= 0.6 is 0 Å². The van der Waals surface area contributed by atoms with Crippen molar-refractivity contribution in [3.63, 3.8) is 0 Å². The van der Waals surface area contributed by atoms with Gasteiger partial charge in [0, 0.05) is 51.8 Å². The number of nitrogens with zero attached hydrogens (tertiary/aromatic N) is 4. The standard InChI is InChI=1S/C30H30F6N4O3/c1-18-7-5-6-8-24(18)25-14-27(40(43)10-9-23(17-40)39(4)19(2)41)37-15-26(25)28(42)38(3)16-20-11-21(29(31,32)33)13-22(12-20)30(34,35)36/h5-8,11-15,23H,9-10,16-17H2,1-4H3. The number of halogens is 6. The number of quaternary nitrogens is 1. The lowest BCUT2D eigenvalue weighted by Gasteiger charge is -2.37. The van der Waals surface area contributed by atoms with Crippen molar-refractivity contribution in [2.45, 2.75) is 45.2 Å². The summed E-state index contributed by atoms with van der Waals surface area (Å²) >= 11 is 0. The molecule has 0 spiro atoms. The van der Waals surface area contributed by atoms with E-state index in [9.17, 15) is 41.1 Å². The van der Waals surface area contributed by atoms with Gasteiger partial charge in [0.05, 0.1) is 29.3 Å². The van der Waals surface area contributed by atoms with Crippen LogP contribution in [0.25, 0.3) is 11.1 Å². The van der Waals surface area contributed by atoms with E-state index in [1.165, 1.54) is 31.1 Å². The zero-order valence-electron chi connectivity index (χ0n) is 23.9. The highest BCUT2D eigenvalue weighted by Gasteiger charge is 2.39. The van der Waals surface area contributed by atoms with Crippen LogP contribution in [0.3, 0.4) is 0 Å². The SMILES string of the molecule is CC(=O)N(C)C1CC[N+]([O-])(c2cc(-c3ccccc3C)c(C(=O)N(C)Cc3cc(C(F)(F)F)cc(C(F)(F)F)c3)cn2)C1. The molecule has 0 bridgehead atoms. The number of hydroxylamine groups is 2. The lowest BCUT2D eigenvalue weighted by molar-refractivity contribution is -0.143. The first-order chi connectivity index (χ1) is 19.9. The van der Waals surface area contributed by atoms with Crippen molar-refractivity contribution in [1.82, 2.24) is 19.4 Å². The van der Waals surface area contributed by atoms with Crippen molar-refractivity contribution in [2.24, 2.45) is 0 Å². The Labute approximate surface area is 244 Å². The predicted octanol–water partition coefficient (Wildman–Crippen LogP) is 6.42. The van der Waals surface area contributed by atoms with Gasteiger partial charge >= 0.3 is 12.4 Å². The summed E-state index contributed by atoms with van der Waals surface area (Å²) in [7, 11) is 2.88. The fourth-order valence-electron chi connectivity index (χ4n) is 5.26. The Hall–Kier alpha value is -3.97. The highest BCUT2D eigenvalue weighted by molar-refractivity contribution is 6.01. The first-order valence-electron chi connectivity index (χ1n) is 13.3. The predicted molar refractivity (Wildman–Crippen MR) is 148 cm³/mol. The molecule has 0 saturated carbocycles. The van der Waals surface area contributed by atoms with Crippen molar-refractivity contribution < 1.29 is 35.9 Å². The van der Waals surface area contributed by atoms with Crippen molar-refractivity contribution in [3.05, 3.63) is 87.8 Å². The second-order valence-electron chi connectivity index (χ2n) is 10.8. The lowest BCUT2D eigenvalue weighted by Crippen LogP contribution is -2.45. The topological polar surface area (TPSA) is 76.6 Å². The number of carbonyl (C=O) groups excluding carboxylic acids is 2. The first kappa shape index (κ1) is 32.0. The molecule has 2 atom stereocenters. The second-order valence-corrected chi connectivity index (χ2v) is 10.8. The summed E-state index contributed by atoms with van der Waals surface area (Å²) in [5, 5.41) is 13.8. The number of rotatable bonds is 6. The zero-order valence-corrected chi connectivity index (χ0v) is 23.9. The van der Waals surface area contributed by atoms with E-state index >= 15 is 0 Å². The molecule has 2 aromatic carbocycles. The van der Waals surface area contributed by atoms with Crippen LogP contribution in [0, 0.1) is 12.1 Å². The number of likely N-dealkylation sites (N-methyl/N-ethyl adjacent to an activating group) is 1. The Morgan fingerprint density at radius 1 is 0.977 bits per heavy atom. The molecule has 230 valence electrons. The molecule has 0 radical (unpaired) electrons. The minimum absolute atomic E-state index is 0.0202. The molecule has 7 nitrogen and oxygen atoms in total. The molecule has 2 unspecified atom stereocenters. The monoisotopic (exact) mass is 608 g/mol. The molecule has 1 saturated heterocycles. The van der Waals surface area contributed by atoms with Crippen LogP contribution in [0.5, 0.6) is 0 Å². The number of aryl methyl sites for hydroxylation is 1. The smallest absolute Gasteiger partial charge is 0.416 e. The van der Waals surface area contributed by atoms with E-state index in [1.807, 2.05) is 0 Å². The Morgan fingerprint density at radius 2 is 1.58 bits per heavy atom. The van der Waals surface area contributed by atoms with Crippen LogP contribution in [0.2, 0.25) is 0 Å². The van der Waals surface area contributed by atoms with Gasteiger partial charge in [0.1, 0.15) is 6.54 Å². The van der Waals surface area contributed by atoms with E-state index in [1.54, 1.807) is 38.2 Å². The van der Waals surface area contributed by atoms with Crippen LogP contribution in [-0.2, 0) is 23.7 Å². The van der Waals surface area contributed by atoms with Crippen molar-refractivity contribution in [2.75, 3.05) is 27.2 Å². The van der Waals surface area contributed by atoms with Crippen LogP contribution in [-0.4, -0.2) is 59.8 Å². The van der Waals surface area contributed by atoms with Gasteiger partial charge in [0.25, 0.3) is 5.91 Å². The van der Waals surface area contributed by atoms with Gasteiger partial charge in [-0.3, -0.25) is 9.59 Å². The van der Waals surface area contributed by atoms with Crippen LogP contribution in [0.4, 0.5) is 32.2 Å². The highest BCUT2D eigenvalue weighted by Crippen LogP contribution is 2.38. The average molecular weight is 609 g/mol. The number of benzene rings is 2. The third kappa shape index (κ3) is 6.83. The van der Waals surface area contributed by atoms with E-state index in [0.717, 1.165) is 10.5 Å². The molecule has 2 heterocycles. The normalized spacial score (nSPS) is 18.9. The van der Waals surface area contributed by atoms with Gasteiger partial charge in [-0.1, -0.05) is 24.3 Å². The maximum atomic E-state index is 13.8. The third-order valence-corrected chi connectivity index (χ3v) is 7.76. The van der Waals surface area contributed by atoms with Crippen molar-refractivity contribution >= 4 is 17.6 Å². The fraction of sp³-hybridized carbons (Fsp3) is 0.367. The molecule has 13 heteroatoms. The Kier molecular flexibility index (Phi) is 8.63. The van der Waals surface area contributed by atoms with Gasteiger partial charge < -0.3 is 19.7 Å². The molecule has 4 rings (SSSR count). The zero-order chi connectivity index (χ0) is 31.9. The lowest BCUT2D eigenvalue weighted by atomic mass is 9.96. The summed E-state index contributed by atoms with van der Waals surface area (Å²) in [4.78, 5) is 32.3. The average Bonchev–Trinajstić information content (AvgIpc) is 3.34. The van der Waals surface area contributed by atoms with E-state index in [4.69, 9.17) is 0 Å². The minimum Gasteiger partial charge on any atom is -0.626 e. The maximum Gasteiger partial charge on any atom is 0.416 e. The van der Waals surface area contributed by atoms with Gasteiger partial charge in [-0.2, -0.15) is 26.3 Å². The number of alkyl halides is 6. The quantitative estimate of drug-likeness (QED) is 0.184. The first-order valence-corrected chi connectivity index (χ1v) is 13.3. The summed E-state index contributed by atoms with van der Waals surface area (Å²) in [6.45, 7) is 2.85. The number of hydrogen-bond donors (Lipinski definition) is 0. The molecule has 3 aromatic rings. The molecular formula is C30H30F6N4O3. The van der Waals surface area contributed by atoms with Crippen molar-refractivity contribution in [1.29, 1.82) is 0 Å². The van der Waals surface area contributed by atoms with E-state index < -0.39 is 40.6 Å². The molecule has 0 N–H and O–H groups in total. The molecule has 1 aliphatic heterocycles. The Morgan fingerprint density at radius 3 is 2.14 bits per heavy atom. The van der Waals surface area contributed by atoms with Gasteiger partial charge in [0.15, 0.2) is 0 Å². The summed E-state index contributed by atoms with van der Waals surface area (Å²) in [5.74, 6) is -0.778. The molecule has 0 aliphatic carbocycles.